The van der Waals surface area contributed by atoms with Crippen LogP contribution in [0, 0.1) is 0 Å². The third-order valence-electron chi connectivity index (χ3n) is 2.64. The fourth-order valence-electron chi connectivity index (χ4n) is 1.67. The Morgan fingerprint density at radius 1 is 1.10 bits per heavy atom. The van der Waals surface area contributed by atoms with Gasteiger partial charge in [-0.15, -0.1) is 0 Å². The van der Waals surface area contributed by atoms with E-state index in [1.807, 2.05) is 12.1 Å². The van der Waals surface area contributed by atoms with Crippen LogP contribution in [0.5, 0.6) is 5.75 Å². The number of hydrogen-bond donors (Lipinski definition) is 2. The van der Waals surface area contributed by atoms with Crippen molar-refractivity contribution in [3.8, 4) is 5.75 Å². The Morgan fingerprint density at radius 3 is 2.43 bits per heavy atom. The van der Waals surface area contributed by atoms with E-state index in [1.165, 1.54) is 0 Å². The van der Waals surface area contributed by atoms with Crippen molar-refractivity contribution in [3.05, 3.63) is 58.6 Å². The maximum Gasteiger partial charge on any atom is 0.262 e. The molecule has 0 aliphatic rings. The van der Waals surface area contributed by atoms with Crippen molar-refractivity contribution in [3.63, 3.8) is 0 Å². The number of rotatable bonds is 5. The first-order valence-corrected chi connectivity index (χ1v) is 6.92. The molecule has 0 aromatic heterocycles. The quantitative estimate of drug-likeness (QED) is 0.871. The average Bonchev–Trinajstić information content (AvgIpc) is 2.48. The summed E-state index contributed by atoms with van der Waals surface area (Å²) in [6.45, 7) is -0.208. The van der Waals surface area contributed by atoms with Gasteiger partial charge in [0.05, 0.1) is 5.56 Å². The van der Waals surface area contributed by atoms with Gasteiger partial charge in [-0.3, -0.25) is 9.59 Å². The van der Waals surface area contributed by atoms with Crippen LogP contribution < -0.4 is 15.8 Å². The molecule has 5 nitrogen and oxygen atoms in total. The minimum absolute atomic E-state index is 0.208. The molecule has 0 aliphatic heterocycles. The lowest BCUT2D eigenvalue weighted by Crippen LogP contribution is -2.21. The van der Waals surface area contributed by atoms with Gasteiger partial charge in [-0.25, -0.2) is 0 Å². The number of amides is 2. The molecule has 0 radical (unpaired) electrons. The van der Waals surface area contributed by atoms with Crippen molar-refractivity contribution in [1.29, 1.82) is 0 Å². The molecule has 6 heteroatoms. The molecule has 2 aromatic carbocycles. The van der Waals surface area contributed by atoms with Crippen LogP contribution in [-0.2, 0) is 4.79 Å². The Bertz CT molecular complexity index is 656. The minimum Gasteiger partial charge on any atom is -0.483 e. The van der Waals surface area contributed by atoms with Gasteiger partial charge in [-0.05, 0) is 36.4 Å². The first-order chi connectivity index (χ1) is 10.1. The summed E-state index contributed by atoms with van der Waals surface area (Å²) in [5, 5.41) is 2.69. The molecule has 0 atom stereocenters. The van der Waals surface area contributed by atoms with Gasteiger partial charge < -0.3 is 15.8 Å². The smallest absolute Gasteiger partial charge is 0.262 e. The van der Waals surface area contributed by atoms with Crippen LogP contribution >= 0.6 is 15.9 Å². The topological polar surface area (TPSA) is 81.4 Å². The lowest BCUT2D eigenvalue weighted by molar-refractivity contribution is -0.118. The van der Waals surface area contributed by atoms with Gasteiger partial charge in [0, 0.05) is 10.2 Å². The van der Waals surface area contributed by atoms with Gasteiger partial charge in [0.2, 0.25) is 0 Å². The molecule has 108 valence electrons. The van der Waals surface area contributed by atoms with Crippen molar-refractivity contribution >= 4 is 33.4 Å². The van der Waals surface area contributed by atoms with E-state index in [4.69, 9.17) is 10.5 Å². The van der Waals surface area contributed by atoms with Crippen LogP contribution in [0.15, 0.2) is 53.0 Å². The number of nitrogens with one attached hydrogen (secondary N) is 1. The molecular weight excluding hydrogens is 336 g/mol. The number of ether oxygens (including phenoxy) is 1. The summed E-state index contributed by atoms with van der Waals surface area (Å²) in [7, 11) is 0. The molecule has 21 heavy (non-hydrogen) atoms. The zero-order valence-electron chi connectivity index (χ0n) is 11.0. The molecule has 2 rings (SSSR count). The summed E-state index contributed by atoms with van der Waals surface area (Å²) >= 11 is 3.31. The minimum atomic E-state index is -0.598. The Labute approximate surface area is 130 Å². The molecule has 0 bridgehead atoms. The van der Waals surface area contributed by atoms with Gasteiger partial charge in [0.1, 0.15) is 5.75 Å². The lowest BCUT2D eigenvalue weighted by Gasteiger charge is -2.09. The van der Waals surface area contributed by atoms with Crippen LogP contribution in [0.4, 0.5) is 5.69 Å². The number of halogens is 1. The predicted octanol–water partition coefficient (Wildman–Crippen LogP) is 2.57. The first-order valence-electron chi connectivity index (χ1n) is 6.13. The molecule has 0 saturated heterocycles. The summed E-state index contributed by atoms with van der Waals surface area (Å²) in [5.41, 5.74) is 6.14. The standard InChI is InChI=1S/C15H13BrN2O3/c16-10-5-7-11(8-6-10)18-14(19)9-21-13-4-2-1-3-12(13)15(17)20/h1-8H,9H2,(H2,17,20)(H,18,19). The molecule has 0 aliphatic carbocycles. The Hall–Kier alpha value is -2.34. The van der Waals surface area contributed by atoms with E-state index in [0.29, 0.717) is 5.69 Å². The zero-order valence-corrected chi connectivity index (χ0v) is 12.6. The maximum absolute atomic E-state index is 11.8. The molecular formula is C15H13BrN2O3. The largest absolute Gasteiger partial charge is 0.483 e. The number of benzene rings is 2. The number of para-hydroxylation sites is 1. The van der Waals surface area contributed by atoms with E-state index in [0.717, 1.165) is 4.47 Å². The third kappa shape index (κ3) is 4.32. The summed E-state index contributed by atoms with van der Waals surface area (Å²) in [6.07, 6.45) is 0. The highest BCUT2D eigenvalue weighted by Crippen LogP contribution is 2.17. The van der Waals surface area contributed by atoms with E-state index in [1.54, 1.807) is 36.4 Å². The number of carbonyl (C=O) groups is 2. The highest BCUT2D eigenvalue weighted by molar-refractivity contribution is 9.10. The van der Waals surface area contributed by atoms with Crippen LogP contribution in [0.3, 0.4) is 0 Å². The third-order valence-corrected chi connectivity index (χ3v) is 3.17. The van der Waals surface area contributed by atoms with E-state index in [-0.39, 0.29) is 23.8 Å². The van der Waals surface area contributed by atoms with Crippen molar-refractivity contribution in [2.45, 2.75) is 0 Å². The molecule has 0 fully saturated rings. The number of nitrogens with two attached hydrogens (primary N) is 1. The predicted molar refractivity (Wildman–Crippen MR) is 83.2 cm³/mol. The van der Waals surface area contributed by atoms with Crippen molar-refractivity contribution in [2.24, 2.45) is 5.73 Å². The van der Waals surface area contributed by atoms with Crippen LogP contribution in [-0.4, -0.2) is 18.4 Å². The van der Waals surface area contributed by atoms with E-state index >= 15 is 0 Å². The summed E-state index contributed by atoms with van der Waals surface area (Å²) in [6, 6.07) is 13.7. The molecule has 3 N–H and O–H groups in total. The first kappa shape index (κ1) is 15.1. The molecule has 2 amide bonds. The lowest BCUT2D eigenvalue weighted by atomic mass is 10.2. The second-order valence-electron chi connectivity index (χ2n) is 4.20. The Kier molecular flexibility index (Phi) is 4.94. The van der Waals surface area contributed by atoms with Crippen LogP contribution in [0.25, 0.3) is 0 Å². The number of hydrogen-bond acceptors (Lipinski definition) is 3. The number of primary amides is 1. The molecule has 0 saturated carbocycles. The second kappa shape index (κ2) is 6.90. The zero-order chi connectivity index (χ0) is 15.2. The summed E-state index contributed by atoms with van der Waals surface area (Å²) < 4.78 is 6.26. The van der Waals surface area contributed by atoms with Gasteiger partial charge in [-0.2, -0.15) is 0 Å². The molecule has 0 unspecified atom stereocenters. The highest BCUT2D eigenvalue weighted by Gasteiger charge is 2.10. The monoisotopic (exact) mass is 348 g/mol. The molecule has 2 aromatic rings. The summed E-state index contributed by atoms with van der Waals surface area (Å²) in [5.74, 6) is -0.633. The Morgan fingerprint density at radius 2 is 1.76 bits per heavy atom. The second-order valence-corrected chi connectivity index (χ2v) is 5.12. The SMILES string of the molecule is NC(=O)c1ccccc1OCC(=O)Nc1ccc(Br)cc1. The normalized spacial score (nSPS) is 9.95. The van der Waals surface area contributed by atoms with Gasteiger partial charge in [-0.1, -0.05) is 28.1 Å². The van der Waals surface area contributed by atoms with Crippen molar-refractivity contribution in [1.82, 2.24) is 0 Å². The van der Waals surface area contributed by atoms with Gasteiger partial charge in [0.25, 0.3) is 11.8 Å². The fourth-order valence-corrected chi connectivity index (χ4v) is 1.93. The van der Waals surface area contributed by atoms with Crippen molar-refractivity contribution in [2.75, 3.05) is 11.9 Å². The average molecular weight is 349 g/mol. The Balaban J connectivity index is 1.95. The van der Waals surface area contributed by atoms with E-state index in [2.05, 4.69) is 21.2 Å². The van der Waals surface area contributed by atoms with E-state index in [9.17, 15) is 9.59 Å². The van der Waals surface area contributed by atoms with Crippen LogP contribution in [0.1, 0.15) is 10.4 Å². The summed E-state index contributed by atoms with van der Waals surface area (Å²) in [4.78, 5) is 23.0. The fraction of sp³-hybridized carbons (Fsp3) is 0.0667. The molecule has 0 spiro atoms. The van der Waals surface area contributed by atoms with Gasteiger partial charge >= 0.3 is 0 Å². The highest BCUT2D eigenvalue weighted by atomic mass is 79.9. The maximum atomic E-state index is 11.8. The number of anilines is 1. The van der Waals surface area contributed by atoms with E-state index < -0.39 is 5.91 Å². The molecule has 0 heterocycles. The van der Waals surface area contributed by atoms with Crippen LogP contribution in [0.2, 0.25) is 0 Å². The van der Waals surface area contributed by atoms with Crippen molar-refractivity contribution < 1.29 is 14.3 Å². The van der Waals surface area contributed by atoms with Gasteiger partial charge in [0.15, 0.2) is 6.61 Å². The number of carbonyl (C=O) groups excluding carboxylic acids is 2.